The summed E-state index contributed by atoms with van der Waals surface area (Å²) in [6.45, 7) is 12.6. The number of benzene rings is 1. The van der Waals surface area contributed by atoms with Crippen molar-refractivity contribution >= 4 is 14.3 Å². The van der Waals surface area contributed by atoms with Crippen LogP contribution in [0.25, 0.3) is 0 Å². The molecule has 0 N–H and O–H groups in total. The first kappa shape index (κ1) is 19.6. The Kier molecular flexibility index (Phi) is 5.61. The molecule has 144 valence electrons. The zero-order chi connectivity index (χ0) is 18.9. The molecule has 1 aromatic carbocycles. The fourth-order valence-electron chi connectivity index (χ4n) is 3.77. The standard InChI is InChI=1S/C21H32O4Si/c1-21(2,3)26(4,5)25-19-12-18-16(11-20(22)24-18)17(19)14-23-13-15-9-7-6-8-10-15/h6-10,16-19H,11-14H2,1-5H3/t16-,17-,18+,19-/m1/s1. The van der Waals surface area contributed by atoms with Gasteiger partial charge < -0.3 is 13.9 Å². The summed E-state index contributed by atoms with van der Waals surface area (Å²) in [6, 6.07) is 10.2. The maximum Gasteiger partial charge on any atom is 0.306 e. The van der Waals surface area contributed by atoms with Crippen LogP contribution in [0.3, 0.4) is 0 Å². The molecule has 1 aromatic rings. The lowest BCUT2D eigenvalue weighted by Crippen LogP contribution is -2.45. The highest BCUT2D eigenvalue weighted by molar-refractivity contribution is 6.74. The summed E-state index contributed by atoms with van der Waals surface area (Å²) in [5, 5.41) is 0.164. The molecule has 4 nitrogen and oxygen atoms in total. The van der Waals surface area contributed by atoms with Crippen molar-refractivity contribution in [3.8, 4) is 0 Å². The SMILES string of the molecule is CC(C)(C)[Si](C)(C)O[C@@H]1C[C@@H]2OC(=O)C[C@@H]2[C@H]1COCc1ccccc1. The van der Waals surface area contributed by atoms with Gasteiger partial charge >= 0.3 is 5.97 Å². The largest absolute Gasteiger partial charge is 0.462 e. The van der Waals surface area contributed by atoms with Gasteiger partial charge in [-0.3, -0.25) is 4.79 Å². The lowest BCUT2D eigenvalue weighted by atomic mass is 9.93. The summed E-state index contributed by atoms with van der Waals surface area (Å²) in [7, 11) is -1.88. The second-order valence-electron chi connectivity index (χ2n) is 9.21. The molecule has 1 saturated carbocycles. The lowest BCUT2D eigenvalue weighted by molar-refractivity contribution is -0.141. The predicted octanol–water partition coefficient (Wildman–Crippen LogP) is 4.55. The molecule has 0 amide bonds. The van der Waals surface area contributed by atoms with E-state index in [0.29, 0.717) is 19.6 Å². The van der Waals surface area contributed by atoms with E-state index in [9.17, 15) is 4.79 Å². The van der Waals surface area contributed by atoms with Gasteiger partial charge in [0.05, 0.1) is 25.7 Å². The van der Waals surface area contributed by atoms with Crippen LogP contribution in [0.5, 0.6) is 0 Å². The maximum absolute atomic E-state index is 11.8. The van der Waals surface area contributed by atoms with E-state index in [1.54, 1.807) is 0 Å². The Morgan fingerprint density at radius 2 is 1.88 bits per heavy atom. The first-order valence-corrected chi connectivity index (χ1v) is 12.6. The normalized spacial score (nSPS) is 28.9. The first-order valence-electron chi connectivity index (χ1n) is 9.66. The highest BCUT2D eigenvalue weighted by Gasteiger charge is 2.53. The molecule has 2 fully saturated rings. The molecule has 1 heterocycles. The maximum atomic E-state index is 11.8. The number of ether oxygens (including phenoxy) is 2. The molecular formula is C21H32O4Si. The van der Waals surface area contributed by atoms with Crippen molar-refractivity contribution in [3.63, 3.8) is 0 Å². The van der Waals surface area contributed by atoms with Crippen LogP contribution in [0, 0.1) is 11.8 Å². The Balaban J connectivity index is 1.66. The molecule has 5 heteroatoms. The third-order valence-corrected chi connectivity index (χ3v) is 10.8. The highest BCUT2D eigenvalue weighted by atomic mass is 28.4. The second kappa shape index (κ2) is 7.45. The third kappa shape index (κ3) is 4.21. The minimum Gasteiger partial charge on any atom is -0.462 e. The molecule has 0 aromatic heterocycles. The van der Waals surface area contributed by atoms with Crippen molar-refractivity contribution in [3.05, 3.63) is 35.9 Å². The average Bonchev–Trinajstić information content (AvgIpc) is 3.04. The third-order valence-electron chi connectivity index (χ3n) is 6.33. The van der Waals surface area contributed by atoms with Crippen LogP contribution in [0.2, 0.25) is 18.1 Å². The molecule has 0 spiro atoms. The van der Waals surface area contributed by atoms with Crippen molar-refractivity contribution in [2.45, 2.75) is 70.6 Å². The summed E-state index contributed by atoms with van der Waals surface area (Å²) in [5.74, 6) is 0.385. The van der Waals surface area contributed by atoms with Crippen LogP contribution in [0.1, 0.15) is 39.2 Å². The van der Waals surface area contributed by atoms with Gasteiger partial charge in [0.15, 0.2) is 8.32 Å². The van der Waals surface area contributed by atoms with E-state index in [1.165, 1.54) is 5.56 Å². The quantitative estimate of drug-likeness (QED) is 0.540. The van der Waals surface area contributed by atoms with Gasteiger partial charge in [-0.15, -0.1) is 0 Å². The van der Waals surface area contributed by atoms with E-state index in [2.05, 4.69) is 46.0 Å². The van der Waals surface area contributed by atoms with Crippen molar-refractivity contribution in [2.75, 3.05) is 6.61 Å². The van der Waals surface area contributed by atoms with Crippen molar-refractivity contribution in [2.24, 2.45) is 11.8 Å². The Morgan fingerprint density at radius 1 is 1.19 bits per heavy atom. The molecule has 3 rings (SSSR count). The van der Waals surface area contributed by atoms with E-state index in [4.69, 9.17) is 13.9 Å². The smallest absolute Gasteiger partial charge is 0.306 e. The number of carbonyl (C=O) groups is 1. The van der Waals surface area contributed by atoms with E-state index in [0.717, 1.165) is 6.42 Å². The van der Waals surface area contributed by atoms with E-state index >= 15 is 0 Å². The number of esters is 1. The molecular weight excluding hydrogens is 344 g/mol. The van der Waals surface area contributed by atoms with Crippen molar-refractivity contribution in [1.29, 1.82) is 0 Å². The summed E-state index contributed by atoms with van der Waals surface area (Å²) >= 11 is 0. The lowest BCUT2D eigenvalue weighted by Gasteiger charge is -2.40. The molecule has 0 bridgehead atoms. The number of fused-ring (bicyclic) bond motifs is 1. The fraction of sp³-hybridized carbons (Fsp3) is 0.667. The summed E-state index contributed by atoms with van der Waals surface area (Å²) in [5.41, 5.74) is 1.17. The van der Waals surface area contributed by atoms with Crippen LogP contribution in [0.15, 0.2) is 30.3 Å². The van der Waals surface area contributed by atoms with Crippen LogP contribution in [0.4, 0.5) is 0 Å². The van der Waals surface area contributed by atoms with Gasteiger partial charge in [-0.2, -0.15) is 0 Å². The first-order chi connectivity index (χ1) is 12.2. The van der Waals surface area contributed by atoms with Crippen LogP contribution < -0.4 is 0 Å². The van der Waals surface area contributed by atoms with Gasteiger partial charge in [0.1, 0.15) is 6.10 Å². The van der Waals surface area contributed by atoms with E-state index < -0.39 is 8.32 Å². The van der Waals surface area contributed by atoms with Crippen molar-refractivity contribution in [1.82, 2.24) is 0 Å². The zero-order valence-electron chi connectivity index (χ0n) is 16.7. The van der Waals surface area contributed by atoms with Gasteiger partial charge in [0.25, 0.3) is 0 Å². The predicted molar refractivity (Wildman–Crippen MR) is 104 cm³/mol. The number of carbonyl (C=O) groups excluding carboxylic acids is 1. The van der Waals surface area contributed by atoms with Gasteiger partial charge in [-0.25, -0.2) is 0 Å². The molecule has 1 saturated heterocycles. The van der Waals surface area contributed by atoms with Gasteiger partial charge in [0, 0.05) is 18.3 Å². The second-order valence-corrected chi connectivity index (χ2v) is 14.0. The monoisotopic (exact) mass is 376 g/mol. The van der Waals surface area contributed by atoms with Crippen LogP contribution in [-0.2, 0) is 25.3 Å². The molecule has 2 aliphatic rings. The van der Waals surface area contributed by atoms with Gasteiger partial charge in [-0.05, 0) is 23.7 Å². The van der Waals surface area contributed by atoms with Crippen LogP contribution in [-0.4, -0.2) is 33.1 Å². The molecule has 0 radical (unpaired) electrons. The Bertz CT molecular complexity index is 623. The van der Waals surface area contributed by atoms with E-state index in [1.807, 2.05) is 18.2 Å². The molecule has 4 atom stereocenters. The highest BCUT2D eigenvalue weighted by Crippen LogP contribution is 2.46. The molecule has 1 aliphatic heterocycles. The number of rotatable bonds is 6. The summed E-state index contributed by atoms with van der Waals surface area (Å²) < 4.78 is 18.3. The minimum absolute atomic E-state index is 0.00240. The Morgan fingerprint density at radius 3 is 2.54 bits per heavy atom. The zero-order valence-corrected chi connectivity index (χ0v) is 17.7. The molecule has 26 heavy (non-hydrogen) atoms. The minimum atomic E-state index is -1.88. The number of hydrogen-bond donors (Lipinski definition) is 0. The summed E-state index contributed by atoms with van der Waals surface area (Å²) in [6.07, 6.45) is 1.43. The topological polar surface area (TPSA) is 44.8 Å². The molecule has 1 aliphatic carbocycles. The molecule has 0 unspecified atom stereocenters. The van der Waals surface area contributed by atoms with Crippen molar-refractivity contribution < 1.29 is 18.7 Å². The number of hydrogen-bond acceptors (Lipinski definition) is 4. The van der Waals surface area contributed by atoms with Gasteiger partial charge in [-0.1, -0.05) is 51.1 Å². The Labute approximate surface area is 158 Å². The Hall–Kier alpha value is -1.17. The van der Waals surface area contributed by atoms with Crippen LogP contribution >= 0.6 is 0 Å². The van der Waals surface area contributed by atoms with E-state index in [-0.39, 0.29) is 35.1 Å². The average molecular weight is 377 g/mol. The summed E-state index contributed by atoms with van der Waals surface area (Å²) in [4.78, 5) is 11.8. The van der Waals surface area contributed by atoms with Gasteiger partial charge in [0.2, 0.25) is 0 Å². The fourth-order valence-corrected chi connectivity index (χ4v) is 5.15.